The first-order valence-electron chi connectivity index (χ1n) is 20.8. The van der Waals surface area contributed by atoms with E-state index in [1.807, 2.05) is 54.6 Å². The van der Waals surface area contributed by atoms with E-state index in [9.17, 15) is 0 Å². The van der Waals surface area contributed by atoms with Gasteiger partial charge >= 0.3 is 0 Å². The fourth-order valence-electron chi connectivity index (χ4n) is 9.45. The van der Waals surface area contributed by atoms with E-state index in [2.05, 4.69) is 146 Å². The molecule has 13 rings (SSSR count). The molecule has 0 unspecified atom stereocenters. The summed E-state index contributed by atoms with van der Waals surface area (Å²) in [6.07, 6.45) is 0. The number of benzene rings is 10. The Hall–Kier alpha value is -8.41. The number of fused-ring (bicyclic) bond motifs is 12. The molecule has 0 spiro atoms. The molecule has 0 aliphatic heterocycles. The number of hydrogen-bond donors (Lipinski definition) is 0. The quantitative estimate of drug-likeness (QED) is 0.162. The number of nitrogens with zero attached hydrogens (tertiary/aromatic N) is 3. The molecule has 62 heavy (non-hydrogen) atoms. The molecule has 5 nitrogen and oxygen atoms in total. The highest BCUT2D eigenvalue weighted by Gasteiger charge is 2.20. The highest BCUT2D eigenvalue weighted by atomic mass is 16.3. The molecule has 3 aromatic heterocycles. The average Bonchev–Trinajstić information content (AvgIpc) is 3.92. The molecule has 5 heteroatoms. The lowest BCUT2D eigenvalue weighted by atomic mass is 9.93. The smallest absolute Gasteiger partial charge is 0.164 e. The van der Waals surface area contributed by atoms with Gasteiger partial charge in [0.25, 0.3) is 0 Å². The molecule has 0 bridgehead atoms. The zero-order valence-corrected chi connectivity index (χ0v) is 33.2. The lowest BCUT2D eigenvalue weighted by molar-refractivity contribution is 0.669. The van der Waals surface area contributed by atoms with Crippen LogP contribution < -0.4 is 0 Å². The van der Waals surface area contributed by atoms with Gasteiger partial charge in [0.2, 0.25) is 0 Å². The van der Waals surface area contributed by atoms with E-state index in [-0.39, 0.29) is 0 Å². The molecule has 0 aliphatic carbocycles. The van der Waals surface area contributed by atoms with Gasteiger partial charge in [-0.2, -0.15) is 0 Å². The minimum absolute atomic E-state index is 0.577. The Kier molecular flexibility index (Phi) is 7.54. The topological polar surface area (TPSA) is 65.0 Å². The third-order valence-corrected chi connectivity index (χ3v) is 12.3. The van der Waals surface area contributed by atoms with Gasteiger partial charge < -0.3 is 8.83 Å². The first kappa shape index (κ1) is 34.5. The van der Waals surface area contributed by atoms with E-state index in [1.165, 1.54) is 26.9 Å². The van der Waals surface area contributed by atoms with Crippen LogP contribution in [0.3, 0.4) is 0 Å². The summed E-state index contributed by atoms with van der Waals surface area (Å²) in [6, 6.07) is 69.8. The molecule has 3 heterocycles. The van der Waals surface area contributed by atoms with Crippen LogP contribution in [0.25, 0.3) is 133 Å². The lowest BCUT2D eigenvalue weighted by Gasteiger charge is -2.13. The van der Waals surface area contributed by atoms with Crippen molar-refractivity contribution < 1.29 is 8.83 Å². The van der Waals surface area contributed by atoms with Gasteiger partial charge in [-0.15, -0.1) is 0 Å². The second-order valence-electron chi connectivity index (χ2n) is 15.9. The van der Waals surface area contributed by atoms with Crippen molar-refractivity contribution in [2.45, 2.75) is 0 Å². The summed E-state index contributed by atoms with van der Waals surface area (Å²) in [5.74, 6) is 1.79. The van der Waals surface area contributed by atoms with Crippen molar-refractivity contribution in [3.63, 3.8) is 0 Å². The molecule has 288 valence electrons. The lowest BCUT2D eigenvalue weighted by Crippen LogP contribution is -2.00. The van der Waals surface area contributed by atoms with Crippen LogP contribution in [0.2, 0.25) is 0 Å². The highest BCUT2D eigenvalue weighted by Crippen LogP contribution is 2.43. The van der Waals surface area contributed by atoms with Crippen molar-refractivity contribution in [2.24, 2.45) is 0 Å². The van der Waals surface area contributed by atoms with Crippen LogP contribution in [0.4, 0.5) is 0 Å². The fraction of sp³-hybridized carbons (Fsp3) is 0. The summed E-state index contributed by atoms with van der Waals surface area (Å²) >= 11 is 0. The molecular weight excluding hydrogens is 759 g/mol. The van der Waals surface area contributed by atoms with Crippen LogP contribution in [-0.4, -0.2) is 15.0 Å². The fourth-order valence-corrected chi connectivity index (χ4v) is 9.45. The Bertz CT molecular complexity index is 3890. The SMILES string of the molecule is c1ccc(-c2ccc3c(c2)oc2cccc(-c4ccc5oc6cccc(-c7nc(-c8ccccc8)nc(-c8ccc9c%10ccccc%10c%10ccccc%10c9c8)n7)c6c5c4)c23)cc1. The van der Waals surface area contributed by atoms with Gasteiger partial charge in [-0.25, -0.2) is 15.0 Å². The van der Waals surface area contributed by atoms with E-state index < -0.39 is 0 Å². The summed E-state index contributed by atoms with van der Waals surface area (Å²) < 4.78 is 13.1. The maximum absolute atomic E-state index is 6.57. The van der Waals surface area contributed by atoms with Crippen LogP contribution >= 0.6 is 0 Å². The van der Waals surface area contributed by atoms with Crippen molar-refractivity contribution in [3.8, 4) is 56.4 Å². The average molecular weight is 792 g/mol. The standard InChI is InChI=1S/C57H33N3O2/c1-3-13-34(14-4-1)36-25-29-45-52(33-36)62-50-23-11-21-39(53(45)50)37-27-30-49-48(31-37)54-46(22-12-24-51(54)61-49)57-59-55(35-15-5-2-6-16-35)58-56(60-57)38-26-28-44-42-19-8-7-17-40(42)41-18-9-10-20-43(41)47(44)32-38/h1-33H. The van der Waals surface area contributed by atoms with Crippen molar-refractivity contribution in [1.82, 2.24) is 15.0 Å². The van der Waals surface area contributed by atoms with Crippen molar-refractivity contribution in [3.05, 3.63) is 200 Å². The van der Waals surface area contributed by atoms with E-state index in [0.29, 0.717) is 17.5 Å². The molecule has 0 N–H and O–H groups in total. The zero-order valence-electron chi connectivity index (χ0n) is 33.2. The Morgan fingerprint density at radius 3 is 1.45 bits per heavy atom. The summed E-state index contributed by atoms with van der Waals surface area (Å²) in [4.78, 5) is 15.6. The van der Waals surface area contributed by atoms with Gasteiger partial charge in [0.1, 0.15) is 22.3 Å². The minimum atomic E-state index is 0.577. The molecule has 13 aromatic rings. The van der Waals surface area contributed by atoms with Crippen molar-refractivity contribution in [2.75, 3.05) is 0 Å². The van der Waals surface area contributed by atoms with Gasteiger partial charge in [0.05, 0.1) is 0 Å². The van der Waals surface area contributed by atoms with Gasteiger partial charge in [0.15, 0.2) is 17.5 Å². The summed E-state index contributed by atoms with van der Waals surface area (Å²) in [5.41, 5.74) is 10.4. The maximum Gasteiger partial charge on any atom is 0.164 e. The summed E-state index contributed by atoms with van der Waals surface area (Å²) in [6.45, 7) is 0. The molecule has 0 fully saturated rings. The van der Waals surface area contributed by atoms with Crippen LogP contribution in [0.1, 0.15) is 0 Å². The summed E-state index contributed by atoms with van der Waals surface area (Å²) in [7, 11) is 0. The third-order valence-electron chi connectivity index (χ3n) is 12.3. The van der Waals surface area contributed by atoms with Gasteiger partial charge in [-0.05, 0) is 97.0 Å². The van der Waals surface area contributed by atoms with E-state index in [4.69, 9.17) is 23.8 Å². The number of hydrogen-bond acceptors (Lipinski definition) is 5. The van der Waals surface area contributed by atoms with Gasteiger partial charge in [0, 0.05) is 38.2 Å². The van der Waals surface area contributed by atoms with Crippen LogP contribution in [0.15, 0.2) is 209 Å². The molecule has 0 saturated carbocycles. The normalized spacial score (nSPS) is 11.9. The molecule has 0 saturated heterocycles. The molecule has 10 aromatic carbocycles. The van der Waals surface area contributed by atoms with Gasteiger partial charge in [-0.3, -0.25) is 0 Å². The van der Waals surface area contributed by atoms with Crippen LogP contribution in [0.5, 0.6) is 0 Å². The third kappa shape index (κ3) is 5.38. The predicted molar refractivity (Wildman–Crippen MR) is 254 cm³/mol. The maximum atomic E-state index is 6.57. The number of furan rings is 2. The highest BCUT2D eigenvalue weighted by molar-refractivity contribution is 6.26. The molecule has 0 atom stereocenters. The predicted octanol–water partition coefficient (Wildman–Crippen LogP) is 15.5. The number of aromatic nitrogens is 3. The zero-order chi connectivity index (χ0) is 40.7. The van der Waals surface area contributed by atoms with E-state index in [1.54, 1.807) is 0 Å². The first-order chi connectivity index (χ1) is 30.7. The largest absolute Gasteiger partial charge is 0.456 e. The first-order valence-corrected chi connectivity index (χ1v) is 20.8. The molecule has 0 amide bonds. The summed E-state index contributed by atoms with van der Waals surface area (Å²) in [5, 5.41) is 11.3. The van der Waals surface area contributed by atoms with Gasteiger partial charge in [-0.1, -0.05) is 158 Å². The number of rotatable bonds is 5. The molecular formula is C57H33N3O2. The van der Waals surface area contributed by atoms with Crippen molar-refractivity contribution >= 4 is 76.2 Å². The minimum Gasteiger partial charge on any atom is -0.456 e. The Morgan fingerprint density at radius 2 is 0.742 bits per heavy atom. The molecule has 0 radical (unpaired) electrons. The molecule has 0 aliphatic rings. The second kappa shape index (κ2) is 13.6. The monoisotopic (exact) mass is 791 g/mol. The van der Waals surface area contributed by atoms with Crippen molar-refractivity contribution in [1.29, 1.82) is 0 Å². The Morgan fingerprint density at radius 1 is 0.242 bits per heavy atom. The van der Waals surface area contributed by atoms with E-state index in [0.717, 1.165) is 88.2 Å². The Labute approximate surface area is 355 Å². The second-order valence-corrected chi connectivity index (χ2v) is 15.9. The van der Waals surface area contributed by atoms with Crippen LogP contribution in [0, 0.1) is 0 Å². The van der Waals surface area contributed by atoms with Crippen LogP contribution in [-0.2, 0) is 0 Å². The Balaban J connectivity index is 1.000. The van der Waals surface area contributed by atoms with E-state index >= 15 is 0 Å².